The summed E-state index contributed by atoms with van der Waals surface area (Å²) >= 11 is 0. The third kappa shape index (κ3) is 1.88. The molecular weight excluding hydrogens is 236 g/mol. The molecular formula is C16H20N2O. The lowest BCUT2D eigenvalue weighted by atomic mass is 9.74. The van der Waals surface area contributed by atoms with Gasteiger partial charge in [-0.05, 0) is 60.9 Å². The Labute approximate surface area is 113 Å². The van der Waals surface area contributed by atoms with Gasteiger partial charge in [-0.15, -0.1) is 0 Å². The predicted octanol–water partition coefficient (Wildman–Crippen LogP) is 3.03. The molecule has 100 valence electrons. The quantitative estimate of drug-likeness (QED) is 0.897. The summed E-state index contributed by atoms with van der Waals surface area (Å²) in [7, 11) is 0. The molecule has 0 radical (unpaired) electrons. The van der Waals surface area contributed by atoms with Crippen LogP contribution in [0.25, 0.3) is 11.1 Å². The molecule has 3 nitrogen and oxygen atoms in total. The van der Waals surface area contributed by atoms with Gasteiger partial charge in [0.05, 0.1) is 0 Å². The first kappa shape index (κ1) is 11.5. The Bertz CT molecular complexity index is 616. The lowest BCUT2D eigenvalue weighted by Gasteiger charge is -2.36. The molecule has 0 saturated carbocycles. The second kappa shape index (κ2) is 4.34. The minimum Gasteiger partial charge on any atom is -0.441 e. The van der Waals surface area contributed by atoms with Crippen LogP contribution in [0.4, 0.5) is 0 Å². The highest BCUT2D eigenvalue weighted by atomic mass is 16.3. The van der Waals surface area contributed by atoms with E-state index in [1.54, 1.807) is 0 Å². The summed E-state index contributed by atoms with van der Waals surface area (Å²) < 4.78 is 5.88. The SMILES string of the molecule is CCCc1nc2cc3c(cc2o1)C1CNCC(C3)C1. The molecule has 2 atom stereocenters. The number of hydrogen-bond donors (Lipinski definition) is 1. The number of rotatable bonds is 2. The minimum absolute atomic E-state index is 0.673. The lowest BCUT2D eigenvalue weighted by molar-refractivity contribution is 0.318. The van der Waals surface area contributed by atoms with E-state index in [2.05, 4.69) is 29.4 Å². The van der Waals surface area contributed by atoms with Crippen molar-refractivity contribution in [1.82, 2.24) is 10.3 Å². The van der Waals surface area contributed by atoms with Crippen LogP contribution in [0, 0.1) is 5.92 Å². The zero-order chi connectivity index (χ0) is 12.8. The van der Waals surface area contributed by atoms with Crippen LogP contribution < -0.4 is 5.32 Å². The van der Waals surface area contributed by atoms with Crippen LogP contribution in [0.3, 0.4) is 0 Å². The molecule has 4 rings (SSSR count). The van der Waals surface area contributed by atoms with Crippen molar-refractivity contribution in [2.75, 3.05) is 13.1 Å². The fourth-order valence-corrected chi connectivity index (χ4v) is 3.69. The summed E-state index contributed by atoms with van der Waals surface area (Å²) in [6.07, 6.45) is 4.56. The van der Waals surface area contributed by atoms with Gasteiger partial charge in [-0.25, -0.2) is 4.98 Å². The van der Waals surface area contributed by atoms with Gasteiger partial charge in [0.2, 0.25) is 0 Å². The van der Waals surface area contributed by atoms with Crippen molar-refractivity contribution in [2.24, 2.45) is 5.92 Å². The van der Waals surface area contributed by atoms with Crippen molar-refractivity contribution >= 4 is 11.1 Å². The fraction of sp³-hybridized carbons (Fsp3) is 0.562. The van der Waals surface area contributed by atoms with Crippen molar-refractivity contribution in [3.8, 4) is 0 Å². The van der Waals surface area contributed by atoms with Crippen LogP contribution in [0.2, 0.25) is 0 Å². The smallest absolute Gasteiger partial charge is 0.195 e. The van der Waals surface area contributed by atoms with E-state index in [1.807, 2.05) is 0 Å². The standard InChI is InChI=1S/C16H20N2O/c1-2-3-16-18-14-6-11-4-10-5-12(9-17-8-10)13(11)7-15(14)19-16/h6-7,10,12,17H,2-5,8-9H2,1H3. The van der Waals surface area contributed by atoms with Crippen molar-refractivity contribution < 1.29 is 4.42 Å². The maximum Gasteiger partial charge on any atom is 0.195 e. The van der Waals surface area contributed by atoms with E-state index >= 15 is 0 Å². The molecule has 1 saturated heterocycles. The Morgan fingerprint density at radius 1 is 1.37 bits per heavy atom. The molecule has 0 spiro atoms. The fourth-order valence-electron chi connectivity index (χ4n) is 3.69. The Kier molecular flexibility index (Phi) is 2.62. The molecule has 1 N–H and O–H groups in total. The second-order valence-corrected chi connectivity index (χ2v) is 6.04. The van der Waals surface area contributed by atoms with E-state index in [9.17, 15) is 0 Å². The van der Waals surface area contributed by atoms with E-state index in [1.165, 1.54) is 30.5 Å². The molecule has 1 aromatic heterocycles. The topological polar surface area (TPSA) is 38.1 Å². The summed E-state index contributed by atoms with van der Waals surface area (Å²) in [4.78, 5) is 4.62. The van der Waals surface area contributed by atoms with Crippen LogP contribution in [0.5, 0.6) is 0 Å². The van der Waals surface area contributed by atoms with Crippen LogP contribution in [-0.4, -0.2) is 18.1 Å². The third-order valence-corrected chi connectivity index (χ3v) is 4.55. The van der Waals surface area contributed by atoms with Gasteiger partial charge in [0.25, 0.3) is 0 Å². The van der Waals surface area contributed by atoms with E-state index in [0.717, 1.165) is 42.3 Å². The van der Waals surface area contributed by atoms with E-state index in [-0.39, 0.29) is 0 Å². The number of nitrogens with zero attached hydrogens (tertiary/aromatic N) is 1. The first-order chi connectivity index (χ1) is 9.33. The predicted molar refractivity (Wildman–Crippen MR) is 75.4 cm³/mol. The monoisotopic (exact) mass is 256 g/mol. The number of hydrogen-bond acceptors (Lipinski definition) is 3. The van der Waals surface area contributed by atoms with E-state index in [0.29, 0.717) is 5.92 Å². The Morgan fingerprint density at radius 3 is 3.21 bits per heavy atom. The number of nitrogens with one attached hydrogen (secondary N) is 1. The number of fused-ring (bicyclic) bond motifs is 5. The summed E-state index contributed by atoms with van der Waals surface area (Å²) in [6.45, 7) is 4.45. The molecule has 2 aromatic rings. The number of aromatic nitrogens is 1. The average molecular weight is 256 g/mol. The minimum atomic E-state index is 0.673. The highest BCUT2D eigenvalue weighted by molar-refractivity contribution is 5.75. The molecule has 2 heterocycles. The summed E-state index contributed by atoms with van der Waals surface area (Å²) in [5.41, 5.74) is 5.03. The Morgan fingerprint density at radius 2 is 2.32 bits per heavy atom. The lowest BCUT2D eigenvalue weighted by Crippen LogP contribution is -2.39. The summed E-state index contributed by atoms with van der Waals surface area (Å²) in [5.74, 6) is 2.37. The molecule has 1 aliphatic carbocycles. The van der Waals surface area contributed by atoms with Crippen molar-refractivity contribution in [2.45, 2.75) is 38.5 Å². The molecule has 0 amide bonds. The molecule has 1 aromatic carbocycles. The van der Waals surface area contributed by atoms with Gasteiger partial charge in [0.15, 0.2) is 11.5 Å². The molecule has 2 bridgehead atoms. The Balaban J connectivity index is 1.81. The largest absolute Gasteiger partial charge is 0.441 e. The number of piperidine rings is 1. The maximum absolute atomic E-state index is 5.88. The molecule has 3 heteroatoms. The average Bonchev–Trinajstić information content (AvgIpc) is 2.79. The van der Waals surface area contributed by atoms with Crippen LogP contribution in [0.1, 0.15) is 42.7 Å². The van der Waals surface area contributed by atoms with Gasteiger partial charge >= 0.3 is 0 Å². The van der Waals surface area contributed by atoms with Crippen LogP contribution in [0.15, 0.2) is 16.5 Å². The Hall–Kier alpha value is -1.35. The zero-order valence-corrected chi connectivity index (χ0v) is 11.4. The maximum atomic E-state index is 5.88. The first-order valence-electron chi connectivity index (χ1n) is 7.46. The molecule has 1 fully saturated rings. The van der Waals surface area contributed by atoms with Gasteiger partial charge in [0.1, 0.15) is 5.52 Å². The van der Waals surface area contributed by atoms with Crippen molar-refractivity contribution in [1.29, 1.82) is 0 Å². The van der Waals surface area contributed by atoms with Gasteiger partial charge in [-0.3, -0.25) is 0 Å². The van der Waals surface area contributed by atoms with Crippen LogP contribution in [-0.2, 0) is 12.8 Å². The van der Waals surface area contributed by atoms with Gasteiger partial charge in [-0.1, -0.05) is 6.92 Å². The zero-order valence-electron chi connectivity index (χ0n) is 11.4. The second-order valence-electron chi connectivity index (χ2n) is 6.04. The summed E-state index contributed by atoms with van der Waals surface area (Å²) in [6, 6.07) is 4.53. The first-order valence-corrected chi connectivity index (χ1v) is 7.46. The number of benzene rings is 1. The highest BCUT2D eigenvalue weighted by Crippen LogP contribution is 2.38. The highest BCUT2D eigenvalue weighted by Gasteiger charge is 2.30. The van der Waals surface area contributed by atoms with Gasteiger partial charge in [0, 0.05) is 13.0 Å². The van der Waals surface area contributed by atoms with E-state index in [4.69, 9.17) is 4.42 Å². The van der Waals surface area contributed by atoms with E-state index < -0.39 is 0 Å². The normalized spacial score (nSPS) is 25.5. The van der Waals surface area contributed by atoms with Gasteiger partial charge in [-0.2, -0.15) is 0 Å². The number of oxazole rings is 1. The van der Waals surface area contributed by atoms with Crippen LogP contribution >= 0.6 is 0 Å². The molecule has 19 heavy (non-hydrogen) atoms. The third-order valence-electron chi connectivity index (χ3n) is 4.55. The van der Waals surface area contributed by atoms with Crippen molar-refractivity contribution in [3.63, 3.8) is 0 Å². The van der Waals surface area contributed by atoms with Gasteiger partial charge < -0.3 is 9.73 Å². The number of aryl methyl sites for hydroxylation is 1. The molecule has 2 aliphatic rings. The molecule has 1 aliphatic heterocycles. The molecule has 2 unspecified atom stereocenters. The summed E-state index contributed by atoms with van der Waals surface area (Å²) in [5, 5.41) is 3.55. The van der Waals surface area contributed by atoms with Crippen molar-refractivity contribution in [3.05, 3.63) is 29.2 Å².